The molecule has 1 saturated heterocycles. The quantitative estimate of drug-likeness (QED) is 0.490. The highest BCUT2D eigenvalue weighted by Crippen LogP contribution is 2.23. The first kappa shape index (κ1) is 24.2. The van der Waals surface area contributed by atoms with Crippen molar-refractivity contribution in [1.82, 2.24) is 10.6 Å². The molecule has 0 spiro atoms. The fraction of sp³-hybridized carbons (Fsp3) is 0.185. The lowest BCUT2D eigenvalue weighted by Gasteiger charge is -2.15. The molecule has 3 aromatic carbocycles. The summed E-state index contributed by atoms with van der Waals surface area (Å²) in [6.07, 6.45) is 1.89. The summed E-state index contributed by atoms with van der Waals surface area (Å²) in [5.74, 6) is 0.159. The van der Waals surface area contributed by atoms with Crippen LogP contribution in [0.1, 0.15) is 27.9 Å². The average molecular weight is 491 g/mol. The third-order valence-electron chi connectivity index (χ3n) is 5.52. The predicted octanol–water partition coefficient (Wildman–Crippen LogP) is 3.86. The van der Waals surface area contributed by atoms with Crippen LogP contribution in [-0.4, -0.2) is 37.8 Å². The van der Waals surface area contributed by atoms with Gasteiger partial charge in [-0.2, -0.15) is 0 Å². The molecular formula is C27H26N2O5S. The Morgan fingerprint density at radius 2 is 1.66 bits per heavy atom. The summed E-state index contributed by atoms with van der Waals surface area (Å²) in [6.45, 7) is 1.92. The third kappa shape index (κ3) is 6.80. The first-order valence-electron chi connectivity index (χ1n) is 11.2. The number of ether oxygens (including phenoxy) is 1. The van der Waals surface area contributed by atoms with Crippen molar-refractivity contribution in [3.05, 3.63) is 101 Å². The number of aryl methyl sites for hydroxylation is 1. The summed E-state index contributed by atoms with van der Waals surface area (Å²) in [5.41, 5.74) is 2.05. The highest BCUT2D eigenvalue weighted by Gasteiger charge is 2.30. The summed E-state index contributed by atoms with van der Waals surface area (Å²) >= 11 is 0. The van der Waals surface area contributed by atoms with E-state index in [-0.39, 0.29) is 17.2 Å². The molecule has 4 rings (SSSR count). The second-order valence-corrected chi connectivity index (χ2v) is 10.7. The van der Waals surface area contributed by atoms with Crippen LogP contribution in [0.3, 0.4) is 0 Å². The van der Waals surface area contributed by atoms with Gasteiger partial charge >= 0.3 is 0 Å². The monoisotopic (exact) mass is 490 g/mol. The van der Waals surface area contributed by atoms with Crippen LogP contribution in [0.25, 0.3) is 6.08 Å². The Balaban J connectivity index is 1.58. The molecule has 1 heterocycles. The number of carbonyl (C=O) groups is 2. The fourth-order valence-corrected chi connectivity index (χ4v) is 5.36. The molecular weight excluding hydrogens is 464 g/mol. The molecule has 2 amide bonds. The Bertz CT molecular complexity index is 1350. The lowest BCUT2D eigenvalue weighted by molar-refractivity contribution is -0.118. The number of carbonyl (C=O) groups excluding carboxylic acids is 2. The molecule has 1 aliphatic heterocycles. The van der Waals surface area contributed by atoms with Gasteiger partial charge in [-0.05, 0) is 61.4 Å². The van der Waals surface area contributed by atoms with Gasteiger partial charge in [0.25, 0.3) is 11.8 Å². The van der Waals surface area contributed by atoms with Gasteiger partial charge in [-0.25, -0.2) is 8.42 Å². The molecule has 1 atom stereocenters. The van der Waals surface area contributed by atoms with E-state index in [4.69, 9.17) is 4.74 Å². The van der Waals surface area contributed by atoms with Crippen molar-refractivity contribution in [2.75, 3.05) is 11.5 Å². The second-order valence-electron chi connectivity index (χ2n) is 8.44. The second kappa shape index (κ2) is 10.6. The highest BCUT2D eigenvalue weighted by molar-refractivity contribution is 7.91. The fourth-order valence-electron chi connectivity index (χ4n) is 3.69. The molecule has 0 aliphatic carbocycles. The molecule has 7 nitrogen and oxygen atoms in total. The maximum atomic E-state index is 13.1. The van der Waals surface area contributed by atoms with Gasteiger partial charge in [-0.3, -0.25) is 9.59 Å². The van der Waals surface area contributed by atoms with Gasteiger partial charge in [-0.15, -0.1) is 0 Å². The predicted molar refractivity (Wildman–Crippen MR) is 135 cm³/mol. The molecule has 0 radical (unpaired) electrons. The Morgan fingerprint density at radius 1 is 0.943 bits per heavy atom. The van der Waals surface area contributed by atoms with E-state index in [2.05, 4.69) is 10.6 Å². The molecule has 1 fully saturated rings. The lowest BCUT2D eigenvalue weighted by atomic mass is 10.1. The number of hydrogen-bond acceptors (Lipinski definition) is 5. The van der Waals surface area contributed by atoms with Gasteiger partial charge in [0, 0.05) is 11.6 Å². The molecule has 3 aromatic rings. The van der Waals surface area contributed by atoms with E-state index in [0.29, 0.717) is 29.0 Å². The largest absolute Gasteiger partial charge is 0.457 e. The number of benzene rings is 3. The van der Waals surface area contributed by atoms with Crippen molar-refractivity contribution < 1.29 is 22.7 Å². The molecule has 35 heavy (non-hydrogen) atoms. The average Bonchev–Trinajstić information content (AvgIpc) is 3.18. The number of para-hydroxylation sites is 1. The van der Waals surface area contributed by atoms with E-state index in [0.717, 1.165) is 5.56 Å². The third-order valence-corrected chi connectivity index (χ3v) is 7.29. The topological polar surface area (TPSA) is 102 Å². The van der Waals surface area contributed by atoms with Crippen LogP contribution in [0.5, 0.6) is 11.5 Å². The summed E-state index contributed by atoms with van der Waals surface area (Å²) in [4.78, 5) is 25.9. The molecule has 2 N–H and O–H groups in total. The van der Waals surface area contributed by atoms with Crippen molar-refractivity contribution >= 4 is 27.7 Å². The van der Waals surface area contributed by atoms with Crippen LogP contribution in [0.4, 0.5) is 0 Å². The number of sulfone groups is 1. The normalized spacial score (nSPS) is 16.9. The van der Waals surface area contributed by atoms with Crippen LogP contribution in [-0.2, 0) is 14.6 Å². The summed E-state index contributed by atoms with van der Waals surface area (Å²) in [6, 6.07) is 22.9. The highest BCUT2D eigenvalue weighted by atomic mass is 32.2. The van der Waals surface area contributed by atoms with E-state index in [1.807, 2.05) is 49.4 Å². The SMILES string of the molecule is Cc1ccc(C(=O)N/C(=C/c2cccc(Oc3ccccc3)c2)C(=O)N[C@@H]2CCS(=O)(=O)C2)cc1. The van der Waals surface area contributed by atoms with E-state index >= 15 is 0 Å². The molecule has 0 aromatic heterocycles. The van der Waals surface area contributed by atoms with Gasteiger partial charge in [0.15, 0.2) is 9.84 Å². The molecule has 0 saturated carbocycles. The standard InChI is InChI=1S/C27H26N2O5S/c1-19-10-12-21(13-11-19)26(30)29-25(27(31)28-22-14-15-35(32,33)18-22)17-20-6-5-9-24(16-20)34-23-7-3-2-4-8-23/h2-13,16-17,22H,14-15,18H2,1H3,(H,28,31)(H,29,30)/b25-17+/t22-/m1/s1. The zero-order chi connectivity index (χ0) is 24.8. The van der Waals surface area contributed by atoms with Gasteiger partial charge in [0.2, 0.25) is 0 Å². The molecule has 180 valence electrons. The number of amides is 2. The lowest BCUT2D eigenvalue weighted by Crippen LogP contribution is -2.41. The van der Waals surface area contributed by atoms with Crippen molar-refractivity contribution in [1.29, 1.82) is 0 Å². The molecule has 1 aliphatic rings. The Kier molecular flexibility index (Phi) is 7.31. The van der Waals surface area contributed by atoms with Crippen LogP contribution >= 0.6 is 0 Å². The number of nitrogens with one attached hydrogen (secondary N) is 2. The van der Waals surface area contributed by atoms with Crippen LogP contribution in [0, 0.1) is 6.92 Å². The van der Waals surface area contributed by atoms with Crippen LogP contribution in [0.15, 0.2) is 84.6 Å². The summed E-state index contributed by atoms with van der Waals surface area (Å²) in [5, 5.41) is 5.43. The Hall–Kier alpha value is -3.91. The maximum absolute atomic E-state index is 13.1. The van der Waals surface area contributed by atoms with Gasteiger partial charge in [0.05, 0.1) is 11.5 Å². The van der Waals surface area contributed by atoms with Gasteiger partial charge in [0.1, 0.15) is 17.2 Å². The first-order chi connectivity index (χ1) is 16.8. The van der Waals surface area contributed by atoms with Crippen molar-refractivity contribution in [3.63, 3.8) is 0 Å². The first-order valence-corrected chi connectivity index (χ1v) is 13.0. The van der Waals surface area contributed by atoms with Gasteiger partial charge < -0.3 is 15.4 Å². The molecule has 0 bridgehead atoms. The van der Waals surface area contributed by atoms with Crippen molar-refractivity contribution in [3.8, 4) is 11.5 Å². The molecule has 8 heteroatoms. The van der Waals surface area contributed by atoms with Crippen LogP contribution in [0.2, 0.25) is 0 Å². The smallest absolute Gasteiger partial charge is 0.268 e. The van der Waals surface area contributed by atoms with Crippen LogP contribution < -0.4 is 15.4 Å². The Morgan fingerprint density at radius 3 is 2.34 bits per heavy atom. The molecule has 0 unspecified atom stereocenters. The summed E-state index contributed by atoms with van der Waals surface area (Å²) in [7, 11) is -3.17. The van der Waals surface area contributed by atoms with E-state index in [1.54, 1.807) is 42.5 Å². The van der Waals surface area contributed by atoms with Gasteiger partial charge in [-0.1, -0.05) is 48.0 Å². The van der Waals surface area contributed by atoms with Crippen molar-refractivity contribution in [2.45, 2.75) is 19.4 Å². The number of hydrogen-bond donors (Lipinski definition) is 2. The number of rotatable bonds is 7. The minimum atomic E-state index is -3.17. The summed E-state index contributed by atoms with van der Waals surface area (Å²) < 4.78 is 29.5. The zero-order valence-corrected chi connectivity index (χ0v) is 20.0. The van der Waals surface area contributed by atoms with Crippen molar-refractivity contribution in [2.24, 2.45) is 0 Å². The van der Waals surface area contributed by atoms with E-state index < -0.39 is 27.7 Å². The van der Waals surface area contributed by atoms with E-state index in [9.17, 15) is 18.0 Å². The minimum Gasteiger partial charge on any atom is -0.457 e. The zero-order valence-electron chi connectivity index (χ0n) is 19.2. The minimum absolute atomic E-state index is 0.0109. The maximum Gasteiger partial charge on any atom is 0.268 e. The van der Waals surface area contributed by atoms with E-state index in [1.165, 1.54) is 0 Å². The Labute approximate surface area is 204 Å².